The number of nitrogens with zero attached hydrogens (tertiary/aromatic N) is 4. The molecular weight excluding hydrogens is 468 g/mol. The number of nitrogens with one attached hydrogen (secondary N) is 1. The molecule has 3 N–H and O–H groups in total. The fourth-order valence-corrected chi connectivity index (χ4v) is 4.31. The highest BCUT2D eigenvalue weighted by Crippen LogP contribution is 2.27. The average Bonchev–Trinajstić information content (AvgIpc) is 2.92. The molecule has 1 saturated heterocycles. The highest BCUT2D eigenvalue weighted by molar-refractivity contribution is 6.00. The van der Waals surface area contributed by atoms with Crippen LogP contribution in [0.1, 0.15) is 15.9 Å². The minimum absolute atomic E-state index is 0.193. The Morgan fingerprint density at radius 2 is 1.70 bits per heavy atom. The summed E-state index contributed by atoms with van der Waals surface area (Å²) < 4.78 is 11.1. The number of nitrogen functional groups attached to an aromatic ring is 1. The van der Waals surface area contributed by atoms with Crippen LogP contribution in [0.5, 0.6) is 17.2 Å². The Hall–Kier alpha value is -4.37. The lowest BCUT2D eigenvalue weighted by atomic mass is 10.1. The highest BCUT2D eigenvalue weighted by atomic mass is 16.5. The van der Waals surface area contributed by atoms with Gasteiger partial charge in [-0.25, -0.2) is 4.98 Å². The number of piperazine rings is 1. The summed E-state index contributed by atoms with van der Waals surface area (Å²) in [5.41, 5.74) is 8.12. The van der Waals surface area contributed by atoms with E-state index < -0.39 is 0 Å². The van der Waals surface area contributed by atoms with Crippen LogP contribution in [0.15, 0.2) is 66.7 Å². The largest absolute Gasteiger partial charge is 0.497 e. The molecule has 0 atom stereocenters. The summed E-state index contributed by atoms with van der Waals surface area (Å²) in [6, 6.07) is 20.5. The van der Waals surface area contributed by atoms with Crippen LogP contribution in [0, 0.1) is 0 Å². The number of carbonyl (C=O) groups excluding carboxylic acids is 1. The number of ether oxygens (including phenoxy) is 2. The van der Waals surface area contributed by atoms with E-state index in [9.17, 15) is 4.79 Å². The molecule has 4 aromatic rings. The van der Waals surface area contributed by atoms with Gasteiger partial charge in [-0.05, 0) is 67.2 Å². The lowest BCUT2D eigenvalue weighted by Gasteiger charge is -2.33. The van der Waals surface area contributed by atoms with Gasteiger partial charge in [0.2, 0.25) is 5.95 Å². The Labute approximate surface area is 215 Å². The molecule has 1 fully saturated rings. The van der Waals surface area contributed by atoms with E-state index in [2.05, 4.69) is 32.1 Å². The third kappa shape index (κ3) is 5.73. The van der Waals surface area contributed by atoms with Gasteiger partial charge in [-0.1, -0.05) is 12.1 Å². The minimum atomic E-state index is -0.193. The number of rotatable bonds is 7. The molecule has 37 heavy (non-hydrogen) atoms. The van der Waals surface area contributed by atoms with Crippen molar-refractivity contribution in [1.82, 2.24) is 20.2 Å². The van der Waals surface area contributed by atoms with Crippen molar-refractivity contribution in [2.75, 3.05) is 51.0 Å². The number of likely N-dealkylation sites (N-methyl/N-ethyl adjacent to an activating group) is 1. The first-order chi connectivity index (χ1) is 18.0. The van der Waals surface area contributed by atoms with Crippen molar-refractivity contribution in [3.8, 4) is 17.2 Å². The number of methoxy groups -OCH3 is 1. The molecule has 1 aliphatic heterocycles. The maximum atomic E-state index is 13.0. The van der Waals surface area contributed by atoms with E-state index in [-0.39, 0.29) is 11.9 Å². The van der Waals surface area contributed by atoms with Crippen LogP contribution in [0.4, 0.5) is 11.8 Å². The molecule has 1 amide bonds. The van der Waals surface area contributed by atoms with E-state index >= 15 is 0 Å². The van der Waals surface area contributed by atoms with E-state index in [1.807, 2.05) is 54.6 Å². The smallest absolute Gasteiger partial charge is 0.251 e. The molecule has 1 aromatic heterocycles. The molecule has 3 aromatic carbocycles. The van der Waals surface area contributed by atoms with Gasteiger partial charge in [-0.15, -0.1) is 0 Å². The number of anilines is 2. The van der Waals surface area contributed by atoms with Crippen LogP contribution in [0.25, 0.3) is 10.9 Å². The lowest BCUT2D eigenvalue weighted by molar-refractivity contribution is 0.0951. The Bertz CT molecular complexity index is 1400. The van der Waals surface area contributed by atoms with Gasteiger partial charge in [0.15, 0.2) is 0 Å². The van der Waals surface area contributed by atoms with Crippen molar-refractivity contribution in [2.24, 2.45) is 0 Å². The number of carbonyl (C=O) groups is 1. The number of nitrogens with two attached hydrogens (primary N) is 1. The molecule has 5 rings (SSSR count). The zero-order valence-corrected chi connectivity index (χ0v) is 21.0. The number of amides is 1. The van der Waals surface area contributed by atoms with Crippen molar-refractivity contribution >= 4 is 28.6 Å². The Morgan fingerprint density at radius 3 is 2.46 bits per heavy atom. The van der Waals surface area contributed by atoms with E-state index in [4.69, 9.17) is 15.2 Å². The second kappa shape index (κ2) is 10.7. The molecule has 9 nitrogen and oxygen atoms in total. The van der Waals surface area contributed by atoms with Gasteiger partial charge >= 0.3 is 0 Å². The number of fused-ring (bicyclic) bond motifs is 1. The molecule has 190 valence electrons. The highest BCUT2D eigenvalue weighted by Gasteiger charge is 2.19. The zero-order chi connectivity index (χ0) is 25.8. The lowest BCUT2D eigenvalue weighted by Crippen LogP contribution is -2.45. The standard InChI is InChI=1S/C28H30N6O3/c1-33-12-14-34(15-13-33)26-24-11-6-20(17-25(24)31-28(29)32-26)27(35)30-18-19-4-3-5-23(16-19)37-22-9-7-21(36-2)8-10-22/h3-11,16-17H,12-15,18H2,1-2H3,(H,30,35)(H2,29,31,32). The quantitative estimate of drug-likeness (QED) is 0.397. The maximum Gasteiger partial charge on any atom is 0.251 e. The van der Waals surface area contributed by atoms with Gasteiger partial charge < -0.3 is 30.3 Å². The summed E-state index contributed by atoms with van der Waals surface area (Å²) in [4.78, 5) is 26.4. The van der Waals surface area contributed by atoms with Gasteiger partial charge in [-0.3, -0.25) is 4.79 Å². The SMILES string of the molecule is COc1ccc(Oc2cccc(CNC(=O)c3ccc4c(N5CCN(C)CC5)nc(N)nc4c3)c2)cc1. The van der Waals surface area contributed by atoms with Gasteiger partial charge in [0.25, 0.3) is 5.91 Å². The molecule has 1 aliphatic rings. The van der Waals surface area contributed by atoms with Crippen molar-refractivity contribution < 1.29 is 14.3 Å². The van der Waals surface area contributed by atoms with Crippen molar-refractivity contribution in [3.05, 3.63) is 77.9 Å². The first-order valence-corrected chi connectivity index (χ1v) is 12.2. The normalized spacial score (nSPS) is 13.9. The van der Waals surface area contributed by atoms with Gasteiger partial charge in [0.1, 0.15) is 23.1 Å². The summed E-state index contributed by atoms with van der Waals surface area (Å²) in [5.74, 6) is 2.98. The molecule has 9 heteroatoms. The fourth-order valence-electron chi connectivity index (χ4n) is 4.31. The third-order valence-corrected chi connectivity index (χ3v) is 6.41. The third-order valence-electron chi connectivity index (χ3n) is 6.41. The summed E-state index contributed by atoms with van der Waals surface area (Å²) in [7, 11) is 3.74. The minimum Gasteiger partial charge on any atom is -0.497 e. The van der Waals surface area contributed by atoms with Crippen LogP contribution in [-0.4, -0.2) is 61.1 Å². The Kier molecular flexibility index (Phi) is 7.04. The number of hydrogen-bond donors (Lipinski definition) is 2. The molecule has 0 saturated carbocycles. The summed E-state index contributed by atoms with van der Waals surface area (Å²) >= 11 is 0. The molecule has 0 radical (unpaired) electrons. The van der Waals surface area contributed by atoms with Crippen LogP contribution >= 0.6 is 0 Å². The Balaban J connectivity index is 1.27. The molecular formula is C28H30N6O3. The van der Waals surface area contributed by atoms with Crippen LogP contribution in [0.2, 0.25) is 0 Å². The number of benzene rings is 3. The number of aromatic nitrogens is 2. The molecule has 0 bridgehead atoms. The van der Waals surface area contributed by atoms with E-state index in [1.165, 1.54) is 0 Å². The van der Waals surface area contributed by atoms with Crippen LogP contribution in [-0.2, 0) is 6.54 Å². The summed E-state index contributed by atoms with van der Waals surface area (Å²) in [5, 5.41) is 3.87. The van der Waals surface area contributed by atoms with Crippen LogP contribution < -0.4 is 25.4 Å². The first kappa shape index (κ1) is 24.3. The van der Waals surface area contributed by atoms with Crippen molar-refractivity contribution in [2.45, 2.75) is 6.54 Å². The van der Waals surface area contributed by atoms with Crippen molar-refractivity contribution in [3.63, 3.8) is 0 Å². The predicted octanol–water partition coefficient (Wildman–Crippen LogP) is 3.69. The summed E-state index contributed by atoms with van der Waals surface area (Å²) in [6.07, 6.45) is 0. The fraction of sp³-hybridized carbons (Fsp3) is 0.250. The van der Waals surface area contributed by atoms with Crippen molar-refractivity contribution in [1.29, 1.82) is 0 Å². The number of hydrogen-bond acceptors (Lipinski definition) is 8. The van der Waals surface area contributed by atoms with E-state index in [0.29, 0.717) is 29.1 Å². The van der Waals surface area contributed by atoms with Gasteiger partial charge in [0.05, 0.1) is 12.6 Å². The summed E-state index contributed by atoms with van der Waals surface area (Å²) in [6.45, 7) is 4.00. The van der Waals surface area contributed by atoms with Gasteiger partial charge in [-0.2, -0.15) is 4.98 Å². The molecule has 0 spiro atoms. The second-order valence-electron chi connectivity index (χ2n) is 9.04. The average molecular weight is 499 g/mol. The predicted molar refractivity (Wildman–Crippen MR) is 144 cm³/mol. The van der Waals surface area contributed by atoms with Crippen LogP contribution in [0.3, 0.4) is 0 Å². The first-order valence-electron chi connectivity index (χ1n) is 12.2. The maximum absolute atomic E-state index is 13.0. The van der Waals surface area contributed by atoms with E-state index in [1.54, 1.807) is 19.2 Å². The monoisotopic (exact) mass is 498 g/mol. The zero-order valence-electron chi connectivity index (χ0n) is 21.0. The topological polar surface area (TPSA) is 106 Å². The Morgan fingerprint density at radius 1 is 0.946 bits per heavy atom. The molecule has 0 aliphatic carbocycles. The van der Waals surface area contributed by atoms with Gasteiger partial charge in [0, 0.05) is 43.7 Å². The molecule has 0 unspecified atom stereocenters. The van der Waals surface area contributed by atoms with E-state index in [0.717, 1.165) is 48.7 Å². The second-order valence-corrected chi connectivity index (χ2v) is 9.04. The molecule has 2 heterocycles.